The molecule has 0 radical (unpaired) electrons. The molecule has 0 saturated carbocycles. The minimum atomic E-state index is -0.936. The fourth-order valence-electron chi connectivity index (χ4n) is 3.37. The molecular formula is C23H18F2N4O3. The molecule has 4 aromatic rings. The third kappa shape index (κ3) is 3.92. The Hall–Kier alpha value is -4.14. The number of benzene rings is 2. The van der Waals surface area contributed by atoms with E-state index in [-0.39, 0.29) is 5.89 Å². The Morgan fingerprint density at radius 2 is 1.78 bits per heavy atom. The van der Waals surface area contributed by atoms with Crippen LogP contribution in [0.3, 0.4) is 0 Å². The highest BCUT2D eigenvalue weighted by atomic mass is 19.1. The molecule has 0 atom stereocenters. The van der Waals surface area contributed by atoms with Crippen molar-refractivity contribution in [3.05, 3.63) is 88.0 Å². The number of pyridine rings is 1. The lowest BCUT2D eigenvalue weighted by molar-refractivity contribution is 0.101. The molecule has 0 aliphatic carbocycles. The summed E-state index contributed by atoms with van der Waals surface area (Å²) in [6.07, 6.45) is 2.19. The van der Waals surface area contributed by atoms with Crippen LogP contribution >= 0.6 is 0 Å². The van der Waals surface area contributed by atoms with Gasteiger partial charge in [0, 0.05) is 30.1 Å². The first-order chi connectivity index (χ1) is 15.4. The maximum absolute atomic E-state index is 13.8. The lowest BCUT2D eigenvalue weighted by Gasteiger charge is -2.12. The van der Waals surface area contributed by atoms with Crippen LogP contribution in [0.1, 0.15) is 22.8 Å². The van der Waals surface area contributed by atoms with Gasteiger partial charge >= 0.3 is 5.76 Å². The summed E-state index contributed by atoms with van der Waals surface area (Å²) in [6, 6.07) is 11.6. The minimum Gasteiger partial charge on any atom is -0.388 e. The number of amides is 1. The summed E-state index contributed by atoms with van der Waals surface area (Å²) in [4.78, 5) is 28.4. The second-order valence-corrected chi connectivity index (χ2v) is 6.96. The number of aryl methyl sites for hydroxylation is 1. The van der Waals surface area contributed by atoms with Gasteiger partial charge in [0.05, 0.1) is 5.69 Å². The van der Waals surface area contributed by atoms with E-state index in [1.165, 1.54) is 13.1 Å². The number of nitrogens with zero attached hydrogens (tertiary/aromatic N) is 3. The van der Waals surface area contributed by atoms with Crippen LogP contribution < -0.4 is 11.1 Å². The van der Waals surface area contributed by atoms with Gasteiger partial charge in [0.1, 0.15) is 17.2 Å². The predicted molar refractivity (Wildman–Crippen MR) is 114 cm³/mol. The van der Waals surface area contributed by atoms with Crippen molar-refractivity contribution in [2.24, 2.45) is 7.05 Å². The fourth-order valence-corrected chi connectivity index (χ4v) is 3.37. The molecule has 4 rings (SSSR count). The van der Waals surface area contributed by atoms with E-state index in [0.29, 0.717) is 23.4 Å². The smallest absolute Gasteiger partial charge is 0.388 e. The molecule has 0 bridgehead atoms. The molecule has 2 heterocycles. The zero-order valence-electron chi connectivity index (χ0n) is 17.2. The summed E-state index contributed by atoms with van der Waals surface area (Å²) >= 11 is 0. The SMILES string of the molecule is CCc1c(-c2nn(C)c(=O)o2)ccnc1-c1ccc(NC(=O)c2c(F)cccc2F)cc1. The first-order valence-electron chi connectivity index (χ1n) is 9.77. The van der Waals surface area contributed by atoms with E-state index in [4.69, 9.17) is 4.42 Å². The number of carbonyl (C=O) groups excluding carboxylic acids is 1. The van der Waals surface area contributed by atoms with Crippen LogP contribution in [0.25, 0.3) is 22.7 Å². The molecule has 162 valence electrons. The van der Waals surface area contributed by atoms with Crippen molar-refractivity contribution >= 4 is 11.6 Å². The van der Waals surface area contributed by atoms with Gasteiger partial charge in [0.15, 0.2) is 0 Å². The third-order valence-electron chi connectivity index (χ3n) is 4.93. The number of halogens is 2. The van der Waals surface area contributed by atoms with Crippen molar-refractivity contribution in [2.45, 2.75) is 13.3 Å². The average molecular weight is 436 g/mol. The topological polar surface area (TPSA) is 90.0 Å². The number of hydrogen-bond donors (Lipinski definition) is 1. The second kappa shape index (κ2) is 8.54. The molecule has 0 aliphatic rings. The fraction of sp³-hybridized carbons (Fsp3) is 0.130. The summed E-state index contributed by atoms with van der Waals surface area (Å²) in [6.45, 7) is 1.95. The molecule has 0 fully saturated rings. The van der Waals surface area contributed by atoms with E-state index in [9.17, 15) is 18.4 Å². The Bertz CT molecular complexity index is 1340. The number of carbonyl (C=O) groups is 1. The van der Waals surface area contributed by atoms with Gasteiger partial charge < -0.3 is 9.73 Å². The normalized spacial score (nSPS) is 10.9. The lowest BCUT2D eigenvalue weighted by Crippen LogP contribution is -2.15. The first kappa shape index (κ1) is 21.1. The maximum Gasteiger partial charge on any atom is 0.437 e. The Kier molecular flexibility index (Phi) is 5.63. The number of aromatic nitrogens is 3. The summed E-state index contributed by atoms with van der Waals surface area (Å²) in [5.74, 6) is -3.11. The minimum absolute atomic E-state index is 0.203. The number of nitrogens with one attached hydrogen (secondary N) is 1. The van der Waals surface area contributed by atoms with E-state index < -0.39 is 28.9 Å². The van der Waals surface area contributed by atoms with Gasteiger partial charge in [0.2, 0.25) is 5.89 Å². The Balaban J connectivity index is 1.64. The zero-order valence-corrected chi connectivity index (χ0v) is 17.2. The van der Waals surface area contributed by atoms with Crippen LogP contribution in [-0.4, -0.2) is 20.7 Å². The highest BCUT2D eigenvalue weighted by Crippen LogP contribution is 2.30. The summed E-state index contributed by atoms with van der Waals surface area (Å²) in [5, 5.41) is 6.61. The number of hydrogen-bond acceptors (Lipinski definition) is 5. The van der Waals surface area contributed by atoms with Gasteiger partial charge in [0.25, 0.3) is 5.91 Å². The summed E-state index contributed by atoms with van der Waals surface area (Å²) < 4.78 is 34.0. The van der Waals surface area contributed by atoms with Crippen molar-refractivity contribution in [3.63, 3.8) is 0 Å². The van der Waals surface area contributed by atoms with Crippen molar-refractivity contribution in [1.82, 2.24) is 14.8 Å². The standard InChI is InChI=1S/C23H18F2N4O3/c1-3-15-16(22-28-29(2)23(31)32-22)11-12-26-20(15)13-7-9-14(10-8-13)27-21(30)19-17(24)5-4-6-18(19)25/h4-12H,3H2,1-2H3,(H,27,30). The zero-order chi connectivity index (χ0) is 22.8. The molecule has 0 unspecified atom stereocenters. The molecule has 9 heteroatoms. The van der Waals surface area contributed by atoms with Crippen molar-refractivity contribution in [3.8, 4) is 22.7 Å². The molecular weight excluding hydrogens is 418 g/mol. The number of rotatable bonds is 5. The average Bonchev–Trinajstić information content (AvgIpc) is 3.11. The number of anilines is 1. The molecule has 0 spiro atoms. The molecule has 0 saturated heterocycles. The Morgan fingerprint density at radius 3 is 2.38 bits per heavy atom. The van der Waals surface area contributed by atoms with Gasteiger partial charge in [-0.15, -0.1) is 5.10 Å². The molecule has 2 aromatic carbocycles. The van der Waals surface area contributed by atoms with Crippen molar-refractivity contribution in [2.75, 3.05) is 5.32 Å². The first-order valence-corrected chi connectivity index (χ1v) is 9.77. The molecule has 2 aromatic heterocycles. The predicted octanol–water partition coefficient (Wildman–Crippen LogP) is 4.20. The monoisotopic (exact) mass is 436 g/mol. The van der Waals surface area contributed by atoms with Crippen molar-refractivity contribution < 1.29 is 18.0 Å². The largest absolute Gasteiger partial charge is 0.437 e. The van der Waals surface area contributed by atoms with Gasteiger partial charge in [-0.05, 0) is 42.3 Å². The quantitative estimate of drug-likeness (QED) is 0.507. The van der Waals surface area contributed by atoms with E-state index in [1.807, 2.05) is 6.92 Å². The van der Waals surface area contributed by atoms with Crippen LogP contribution in [-0.2, 0) is 13.5 Å². The van der Waals surface area contributed by atoms with Crippen LogP contribution in [0, 0.1) is 11.6 Å². The summed E-state index contributed by atoms with van der Waals surface area (Å²) in [7, 11) is 1.50. The lowest BCUT2D eigenvalue weighted by atomic mass is 9.99. The van der Waals surface area contributed by atoms with Gasteiger partial charge in [-0.1, -0.05) is 25.1 Å². The Labute approximate surface area is 181 Å². The molecule has 1 N–H and O–H groups in total. The van der Waals surface area contributed by atoms with Crippen molar-refractivity contribution in [1.29, 1.82) is 0 Å². The van der Waals surface area contributed by atoms with Crippen LogP contribution in [0.2, 0.25) is 0 Å². The van der Waals surface area contributed by atoms with Crippen LogP contribution in [0.15, 0.2) is 63.9 Å². The third-order valence-corrected chi connectivity index (χ3v) is 4.93. The van der Waals surface area contributed by atoms with E-state index in [0.717, 1.165) is 27.9 Å². The second-order valence-electron chi connectivity index (χ2n) is 6.96. The maximum atomic E-state index is 13.8. The van der Waals surface area contributed by atoms with E-state index >= 15 is 0 Å². The molecule has 1 amide bonds. The summed E-state index contributed by atoms with van der Waals surface area (Å²) in [5.41, 5.74) is 2.62. The van der Waals surface area contributed by atoms with E-state index in [2.05, 4.69) is 15.4 Å². The van der Waals surface area contributed by atoms with Crippen LogP contribution in [0.4, 0.5) is 14.5 Å². The van der Waals surface area contributed by atoms with E-state index in [1.54, 1.807) is 36.5 Å². The van der Waals surface area contributed by atoms with Gasteiger partial charge in [-0.3, -0.25) is 9.78 Å². The van der Waals surface area contributed by atoms with Gasteiger partial charge in [-0.25, -0.2) is 13.6 Å². The molecule has 0 aliphatic heterocycles. The van der Waals surface area contributed by atoms with Gasteiger partial charge in [-0.2, -0.15) is 4.68 Å². The molecule has 7 nitrogen and oxygen atoms in total. The highest BCUT2D eigenvalue weighted by molar-refractivity contribution is 6.04. The highest BCUT2D eigenvalue weighted by Gasteiger charge is 2.18. The van der Waals surface area contributed by atoms with Crippen LogP contribution in [0.5, 0.6) is 0 Å². The molecule has 32 heavy (non-hydrogen) atoms. The Morgan fingerprint density at radius 1 is 1.09 bits per heavy atom.